The van der Waals surface area contributed by atoms with Crippen LogP contribution in [0.2, 0.25) is 0 Å². The van der Waals surface area contributed by atoms with E-state index in [2.05, 4.69) is 36.6 Å². The molecule has 1 N–H and O–H groups in total. The van der Waals surface area contributed by atoms with Gasteiger partial charge in [-0.25, -0.2) is 0 Å². The van der Waals surface area contributed by atoms with Crippen molar-refractivity contribution in [2.45, 2.75) is 76.2 Å². The lowest BCUT2D eigenvalue weighted by Crippen LogP contribution is -2.26. The van der Waals surface area contributed by atoms with Gasteiger partial charge in [0.15, 0.2) is 0 Å². The van der Waals surface area contributed by atoms with Crippen molar-refractivity contribution in [3.05, 3.63) is 35.4 Å². The Labute approximate surface area is 130 Å². The molecule has 1 atom stereocenters. The molecule has 0 amide bonds. The normalized spacial score (nSPS) is 23.1. The van der Waals surface area contributed by atoms with Gasteiger partial charge in [0.25, 0.3) is 0 Å². The Kier molecular flexibility index (Phi) is 5.35. The standard InChI is InChI=1S/C20H31N/c1-21-20(18-8-5-3-2-4-6-9-18)19-14-12-17(13-15-19)16-10-7-11-16/h12-16,18,20-21H,2-11H2,1H3. The second-order valence-corrected chi connectivity index (χ2v) is 7.17. The van der Waals surface area contributed by atoms with Gasteiger partial charge < -0.3 is 5.32 Å². The zero-order chi connectivity index (χ0) is 14.5. The fourth-order valence-corrected chi connectivity index (χ4v) is 4.21. The minimum Gasteiger partial charge on any atom is -0.313 e. The molecule has 2 fully saturated rings. The first-order valence-corrected chi connectivity index (χ1v) is 9.15. The Morgan fingerprint density at radius 2 is 1.43 bits per heavy atom. The summed E-state index contributed by atoms with van der Waals surface area (Å²) in [6, 6.07) is 10.1. The zero-order valence-electron chi connectivity index (χ0n) is 13.6. The van der Waals surface area contributed by atoms with Crippen molar-refractivity contribution in [1.29, 1.82) is 0 Å². The lowest BCUT2D eigenvalue weighted by molar-refractivity contribution is 0.299. The van der Waals surface area contributed by atoms with Crippen molar-refractivity contribution < 1.29 is 0 Å². The maximum atomic E-state index is 3.61. The molecule has 0 spiro atoms. The highest BCUT2D eigenvalue weighted by molar-refractivity contribution is 5.28. The summed E-state index contributed by atoms with van der Waals surface area (Å²) in [7, 11) is 2.14. The Bertz CT molecular complexity index is 410. The van der Waals surface area contributed by atoms with Crippen molar-refractivity contribution in [3.8, 4) is 0 Å². The third-order valence-corrected chi connectivity index (χ3v) is 5.80. The van der Waals surface area contributed by atoms with E-state index in [0.29, 0.717) is 6.04 Å². The maximum Gasteiger partial charge on any atom is 0.0346 e. The smallest absolute Gasteiger partial charge is 0.0346 e. The molecular weight excluding hydrogens is 254 g/mol. The molecular formula is C20H31N. The molecule has 0 saturated heterocycles. The van der Waals surface area contributed by atoms with Crippen LogP contribution in [0.1, 0.15) is 87.3 Å². The van der Waals surface area contributed by atoms with E-state index in [1.807, 2.05) is 0 Å². The average Bonchev–Trinajstić information content (AvgIpc) is 2.41. The van der Waals surface area contributed by atoms with Gasteiger partial charge in [0.05, 0.1) is 0 Å². The van der Waals surface area contributed by atoms with E-state index >= 15 is 0 Å². The third-order valence-electron chi connectivity index (χ3n) is 5.80. The van der Waals surface area contributed by atoms with Gasteiger partial charge in [-0.05, 0) is 55.7 Å². The van der Waals surface area contributed by atoms with E-state index < -0.39 is 0 Å². The molecule has 0 aliphatic heterocycles. The van der Waals surface area contributed by atoms with Gasteiger partial charge in [-0.1, -0.05) is 62.8 Å². The molecule has 1 unspecified atom stereocenters. The number of rotatable bonds is 4. The summed E-state index contributed by atoms with van der Waals surface area (Å²) in [5.41, 5.74) is 3.07. The van der Waals surface area contributed by atoms with E-state index in [9.17, 15) is 0 Å². The second kappa shape index (κ2) is 7.45. The number of benzene rings is 1. The molecule has 1 aromatic rings. The molecule has 21 heavy (non-hydrogen) atoms. The Hall–Kier alpha value is -0.820. The predicted octanol–water partition coefficient (Wildman–Crippen LogP) is 5.58. The first-order chi connectivity index (χ1) is 10.4. The Morgan fingerprint density at radius 3 is 1.95 bits per heavy atom. The molecule has 1 aromatic carbocycles. The second-order valence-electron chi connectivity index (χ2n) is 7.17. The van der Waals surface area contributed by atoms with Crippen molar-refractivity contribution in [3.63, 3.8) is 0 Å². The average molecular weight is 285 g/mol. The van der Waals surface area contributed by atoms with Crippen molar-refractivity contribution in [2.24, 2.45) is 5.92 Å². The van der Waals surface area contributed by atoms with Crippen molar-refractivity contribution >= 4 is 0 Å². The highest BCUT2D eigenvalue weighted by Gasteiger charge is 2.23. The fraction of sp³-hybridized carbons (Fsp3) is 0.700. The van der Waals surface area contributed by atoms with Gasteiger partial charge in [0, 0.05) is 6.04 Å². The van der Waals surface area contributed by atoms with Crippen LogP contribution in [0, 0.1) is 5.92 Å². The van der Waals surface area contributed by atoms with Gasteiger partial charge in [-0.3, -0.25) is 0 Å². The molecule has 0 radical (unpaired) electrons. The molecule has 0 bridgehead atoms. The largest absolute Gasteiger partial charge is 0.313 e. The summed E-state index contributed by atoms with van der Waals surface area (Å²) in [5.74, 6) is 1.68. The summed E-state index contributed by atoms with van der Waals surface area (Å²) < 4.78 is 0. The summed E-state index contributed by atoms with van der Waals surface area (Å²) in [5, 5.41) is 3.61. The van der Waals surface area contributed by atoms with Crippen LogP contribution >= 0.6 is 0 Å². The molecule has 2 aliphatic carbocycles. The highest BCUT2D eigenvalue weighted by Crippen LogP contribution is 2.38. The first-order valence-electron chi connectivity index (χ1n) is 9.15. The third kappa shape index (κ3) is 3.69. The molecule has 0 aromatic heterocycles. The van der Waals surface area contributed by atoms with E-state index in [1.165, 1.54) is 69.8 Å². The molecule has 1 heteroatoms. The SMILES string of the molecule is CNC(c1ccc(C2CCC2)cc1)C1CCCCCCC1. The summed E-state index contributed by atoms with van der Waals surface area (Å²) in [4.78, 5) is 0. The topological polar surface area (TPSA) is 12.0 Å². The first kappa shape index (κ1) is 15.1. The van der Waals surface area contributed by atoms with Gasteiger partial charge in [-0.2, -0.15) is 0 Å². The van der Waals surface area contributed by atoms with Crippen LogP contribution in [-0.4, -0.2) is 7.05 Å². The van der Waals surface area contributed by atoms with Crippen LogP contribution in [0.15, 0.2) is 24.3 Å². The summed E-state index contributed by atoms with van der Waals surface area (Å²) in [6.45, 7) is 0. The van der Waals surface area contributed by atoms with E-state index in [4.69, 9.17) is 0 Å². The van der Waals surface area contributed by atoms with Gasteiger partial charge in [0.2, 0.25) is 0 Å². The summed E-state index contributed by atoms with van der Waals surface area (Å²) >= 11 is 0. The molecule has 3 rings (SSSR count). The lowest BCUT2D eigenvalue weighted by atomic mass is 9.78. The van der Waals surface area contributed by atoms with E-state index in [1.54, 1.807) is 5.56 Å². The molecule has 1 nitrogen and oxygen atoms in total. The molecule has 0 heterocycles. The minimum absolute atomic E-state index is 0.554. The van der Waals surface area contributed by atoms with E-state index in [-0.39, 0.29) is 0 Å². The Balaban J connectivity index is 1.68. The fourth-order valence-electron chi connectivity index (χ4n) is 4.21. The monoisotopic (exact) mass is 285 g/mol. The maximum absolute atomic E-state index is 3.61. The number of nitrogens with one attached hydrogen (secondary N) is 1. The Morgan fingerprint density at radius 1 is 0.810 bits per heavy atom. The molecule has 2 aliphatic rings. The highest BCUT2D eigenvalue weighted by atomic mass is 14.9. The summed E-state index contributed by atoms with van der Waals surface area (Å²) in [6.07, 6.45) is 14.2. The van der Waals surface area contributed by atoms with Gasteiger partial charge in [0.1, 0.15) is 0 Å². The van der Waals surface area contributed by atoms with Crippen LogP contribution in [-0.2, 0) is 0 Å². The minimum atomic E-state index is 0.554. The molecule has 116 valence electrons. The number of hydrogen-bond acceptors (Lipinski definition) is 1. The molecule has 2 saturated carbocycles. The quantitative estimate of drug-likeness (QED) is 0.762. The van der Waals surface area contributed by atoms with Crippen LogP contribution < -0.4 is 5.32 Å². The van der Waals surface area contributed by atoms with E-state index in [0.717, 1.165) is 11.8 Å². The van der Waals surface area contributed by atoms with Crippen LogP contribution in [0.3, 0.4) is 0 Å². The van der Waals surface area contributed by atoms with Crippen molar-refractivity contribution in [1.82, 2.24) is 5.32 Å². The van der Waals surface area contributed by atoms with Gasteiger partial charge >= 0.3 is 0 Å². The van der Waals surface area contributed by atoms with Crippen molar-refractivity contribution in [2.75, 3.05) is 7.05 Å². The van der Waals surface area contributed by atoms with Crippen LogP contribution in [0.4, 0.5) is 0 Å². The predicted molar refractivity (Wildman–Crippen MR) is 90.6 cm³/mol. The zero-order valence-corrected chi connectivity index (χ0v) is 13.6. The number of hydrogen-bond donors (Lipinski definition) is 1. The lowest BCUT2D eigenvalue weighted by Gasteiger charge is -2.30. The van der Waals surface area contributed by atoms with Gasteiger partial charge in [-0.15, -0.1) is 0 Å². The van der Waals surface area contributed by atoms with Crippen LogP contribution in [0.25, 0.3) is 0 Å². The van der Waals surface area contributed by atoms with Crippen LogP contribution in [0.5, 0.6) is 0 Å².